The SMILES string of the molecule is CCN(CC)c1ccc(/C=N/c2oc(-c3ccc(Br)cc3)cc2C#N)cc1. The van der Waals surface area contributed by atoms with E-state index in [2.05, 4.69) is 57.9 Å². The van der Waals surface area contributed by atoms with Crippen molar-refractivity contribution >= 4 is 33.7 Å². The van der Waals surface area contributed by atoms with Gasteiger partial charge in [0.05, 0.1) is 0 Å². The fourth-order valence-electron chi connectivity index (χ4n) is 2.81. The summed E-state index contributed by atoms with van der Waals surface area (Å²) >= 11 is 3.42. The highest BCUT2D eigenvalue weighted by Crippen LogP contribution is 2.31. The molecule has 1 aromatic heterocycles. The number of aliphatic imine (C=N–C) groups is 1. The van der Waals surface area contributed by atoms with Gasteiger partial charge in [-0.3, -0.25) is 0 Å². The van der Waals surface area contributed by atoms with Gasteiger partial charge in [0.25, 0.3) is 0 Å². The van der Waals surface area contributed by atoms with E-state index in [4.69, 9.17) is 4.42 Å². The average molecular weight is 422 g/mol. The lowest BCUT2D eigenvalue weighted by Gasteiger charge is -2.20. The van der Waals surface area contributed by atoms with Crippen molar-refractivity contribution < 1.29 is 4.42 Å². The van der Waals surface area contributed by atoms with E-state index < -0.39 is 0 Å². The Morgan fingerprint density at radius 2 is 1.74 bits per heavy atom. The van der Waals surface area contributed by atoms with Crippen LogP contribution in [0, 0.1) is 11.3 Å². The second-order valence-corrected chi connectivity index (χ2v) is 6.89. The molecule has 1 heterocycles. The largest absolute Gasteiger partial charge is 0.437 e. The molecule has 0 atom stereocenters. The van der Waals surface area contributed by atoms with Crippen LogP contribution >= 0.6 is 15.9 Å². The zero-order valence-electron chi connectivity index (χ0n) is 15.3. The van der Waals surface area contributed by atoms with Crippen LogP contribution in [0.15, 0.2) is 68.5 Å². The first kappa shape index (κ1) is 18.9. The van der Waals surface area contributed by atoms with Gasteiger partial charge < -0.3 is 9.32 Å². The molecule has 3 rings (SSSR count). The number of rotatable bonds is 6. The minimum atomic E-state index is 0.322. The normalized spacial score (nSPS) is 10.9. The zero-order valence-corrected chi connectivity index (χ0v) is 16.9. The third kappa shape index (κ3) is 4.47. The van der Waals surface area contributed by atoms with E-state index >= 15 is 0 Å². The lowest BCUT2D eigenvalue weighted by Crippen LogP contribution is -2.21. The van der Waals surface area contributed by atoms with E-state index in [9.17, 15) is 5.26 Å². The highest BCUT2D eigenvalue weighted by atomic mass is 79.9. The maximum atomic E-state index is 9.37. The van der Waals surface area contributed by atoms with E-state index in [1.807, 2.05) is 36.4 Å². The van der Waals surface area contributed by atoms with Gasteiger partial charge in [0, 0.05) is 41.1 Å². The monoisotopic (exact) mass is 421 g/mol. The molecule has 0 aliphatic carbocycles. The number of benzene rings is 2. The minimum absolute atomic E-state index is 0.322. The van der Waals surface area contributed by atoms with Crippen LogP contribution in [0.3, 0.4) is 0 Å². The predicted molar refractivity (Wildman–Crippen MR) is 114 cm³/mol. The Morgan fingerprint density at radius 3 is 2.33 bits per heavy atom. The fraction of sp³-hybridized carbons (Fsp3) is 0.182. The number of hydrogen-bond acceptors (Lipinski definition) is 4. The van der Waals surface area contributed by atoms with Gasteiger partial charge >= 0.3 is 0 Å². The van der Waals surface area contributed by atoms with Crippen LogP contribution in [0.1, 0.15) is 25.0 Å². The molecule has 0 aliphatic rings. The fourth-order valence-corrected chi connectivity index (χ4v) is 3.07. The summed E-state index contributed by atoms with van der Waals surface area (Å²) < 4.78 is 6.80. The molecule has 0 spiro atoms. The lowest BCUT2D eigenvalue weighted by atomic mass is 10.1. The maximum Gasteiger partial charge on any atom is 0.237 e. The summed E-state index contributed by atoms with van der Waals surface area (Å²) in [6.07, 6.45) is 1.72. The minimum Gasteiger partial charge on any atom is -0.437 e. The standard InChI is InChI=1S/C22H20BrN3O/c1-3-26(4-2)20-11-5-16(6-12-20)15-25-22-18(14-24)13-21(27-22)17-7-9-19(23)10-8-17/h5-13,15H,3-4H2,1-2H3/b25-15+. The first-order valence-electron chi connectivity index (χ1n) is 8.83. The lowest BCUT2D eigenvalue weighted by molar-refractivity contribution is 0.592. The van der Waals surface area contributed by atoms with Crippen LogP contribution < -0.4 is 4.90 Å². The average Bonchev–Trinajstić information content (AvgIpc) is 3.12. The summed E-state index contributed by atoms with van der Waals surface area (Å²) in [4.78, 5) is 6.67. The van der Waals surface area contributed by atoms with Crippen LogP contribution in [0.25, 0.3) is 11.3 Å². The van der Waals surface area contributed by atoms with Gasteiger partial charge in [0.15, 0.2) is 0 Å². The Balaban J connectivity index is 1.82. The predicted octanol–water partition coefficient (Wildman–Crippen LogP) is 6.18. The summed E-state index contributed by atoms with van der Waals surface area (Å²) in [5.74, 6) is 0.950. The molecule has 0 aliphatic heterocycles. The molecule has 0 amide bonds. The zero-order chi connectivity index (χ0) is 19.2. The number of furan rings is 1. The molecule has 0 fully saturated rings. The van der Waals surface area contributed by atoms with Crippen molar-refractivity contribution in [1.29, 1.82) is 5.26 Å². The Labute approximate surface area is 167 Å². The quantitative estimate of drug-likeness (QED) is 0.446. The molecule has 3 aromatic rings. The number of nitriles is 1. The smallest absolute Gasteiger partial charge is 0.237 e. The third-order valence-electron chi connectivity index (χ3n) is 4.31. The molecule has 4 nitrogen and oxygen atoms in total. The number of anilines is 1. The third-order valence-corrected chi connectivity index (χ3v) is 4.84. The van der Waals surface area contributed by atoms with Gasteiger partial charge in [-0.05, 0) is 43.7 Å². The number of hydrogen-bond donors (Lipinski definition) is 0. The van der Waals surface area contributed by atoms with E-state index in [1.165, 1.54) is 5.69 Å². The first-order chi connectivity index (χ1) is 13.1. The summed E-state index contributed by atoms with van der Waals surface area (Å²) in [6, 6.07) is 19.8. The second kappa shape index (κ2) is 8.70. The van der Waals surface area contributed by atoms with Gasteiger partial charge in [0.2, 0.25) is 5.88 Å². The highest BCUT2D eigenvalue weighted by Gasteiger charge is 2.11. The Hall–Kier alpha value is -2.84. The van der Waals surface area contributed by atoms with Crippen molar-refractivity contribution in [3.8, 4) is 17.4 Å². The van der Waals surface area contributed by atoms with Crippen LogP contribution in [0.4, 0.5) is 11.6 Å². The maximum absolute atomic E-state index is 9.37. The van der Waals surface area contributed by atoms with Crippen LogP contribution in [0.2, 0.25) is 0 Å². The molecule has 0 unspecified atom stereocenters. The Bertz CT molecular complexity index is 962. The van der Waals surface area contributed by atoms with Crippen molar-refractivity contribution in [3.05, 3.63) is 70.2 Å². The van der Waals surface area contributed by atoms with Crippen molar-refractivity contribution in [2.45, 2.75) is 13.8 Å². The molecule has 0 saturated carbocycles. The number of halogens is 1. The molecular formula is C22H20BrN3O. The van der Waals surface area contributed by atoms with Crippen molar-refractivity contribution in [2.75, 3.05) is 18.0 Å². The van der Waals surface area contributed by atoms with Crippen LogP contribution in [0.5, 0.6) is 0 Å². The molecule has 2 aromatic carbocycles. The van der Waals surface area contributed by atoms with Crippen molar-refractivity contribution in [2.24, 2.45) is 4.99 Å². The Kier molecular flexibility index (Phi) is 6.10. The van der Waals surface area contributed by atoms with E-state index in [-0.39, 0.29) is 0 Å². The molecular weight excluding hydrogens is 402 g/mol. The highest BCUT2D eigenvalue weighted by molar-refractivity contribution is 9.10. The topological polar surface area (TPSA) is 52.5 Å². The van der Waals surface area contributed by atoms with E-state index in [0.717, 1.165) is 28.7 Å². The first-order valence-corrected chi connectivity index (χ1v) is 9.62. The van der Waals surface area contributed by atoms with Crippen LogP contribution in [-0.4, -0.2) is 19.3 Å². The van der Waals surface area contributed by atoms with Gasteiger partial charge in [-0.15, -0.1) is 0 Å². The molecule has 0 bridgehead atoms. The van der Waals surface area contributed by atoms with Gasteiger partial charge in [-0.2, -0.15) is 5.26 Å². The molecule has 5 heteroatoms. The van der Waals surface area contributed by atoms with Gasteiger partial charge in [0.1, 0.15) is 17.4 Å². The second-order valence-electron chi connectivity index (χ2n) is 5.97. The molecule has 136 valence electrons. The number of nitrogens with zero attached hydrogens (tertiary/aromatic N) is 3. The molecule has 0 N–H and O–H groups in total. The Morgan fingerprint density at radius 1 is 1.07 bits per heavy atom. The summed E-state index contributed by atoms with van der Waals surface area (Å²) in [5.41, 5.74) is 3.46. The van der Waals surface area contributed by atoms with E-state index in [1.54, 1.807) is 12.3 Å². The summed E-state index contributed by atoms with van der Waals surface area (Å²) in [6.45, 7) is 6.23. The molecule has 0 saturated heterocycles. The van der Waals surface area contributed by atoms with Crippen molar-refractivity contribution in [3.63, 3.8) is 0 Å². The van der Waals surface area contributed by atoms with Crippen molar-refractivity contribution in [1.82, 2.24) is 0 Å². The van der Waals surface area contributed by atoms with E-state index in [0.29, 0.717) is 17.2 Å². The molecule has 0 radical (unpaired) electrons. The molecule has 27 heavy (non-hydrogen) atoms. The van der Waals surface area contributed by atoms with Gasteiger partial charge in [-0.1, -0.05) is 40.2 Å². The summed E-state index contributed by atoms with van der Waals surface area (Å²) in [5, 5.41) is 9.37. The van der Waals surface area contributed by atoms with Gasteiger partial charge in [-0.25, -0.2) is 4.99 Å². The van der Waals surface area contributed by atoms with Crippen LogP contribution in [-0.2, 0) is 0 Å². The summed E-state index contributed by atoms with van der Waals surface area (Å²) in [7, 11) is 0.